The van der Waals surface area contributed by atoms with Crippen LogP contribution in [0.2, 0.25) is 0 Å². The number of hydrogen-bond acceptors (Lipinski definition) is 9. The van der Waals surface area contributed by atoms with Gasteiger partial charge in [0, 0.05) is 12.8 Å². The van der Waals surface area contributed by atoms with Crippen molar-refractivity contribution < 1.29 is 47.8 Å². The van der Waals surface area contributed by atoms with E-state index in [0.717, 1.165) is 70.6 Å². The number of aliphatic hydroxyl groups is 2. The molecule has 0 fully saturated rings. The van der Waals surface area contributed by atoms with Crippen molar-refractivity contribution >= 4 is 19.8 Å². The summed E-state index contributed by atoms with van der Waals surface area (Å²) in [5.41, 5.74) is 0. The fraction of sp³-hybridized carbons (Fsp3) is 0.622. The van der Waals surface area contributed by atoms with Crippen molar-refractivity contribution in [1.29, 1.82) is 0 Å². The first-order valence-corrected chi connectivity index (χ1v) is 18.9. The number of esters is 2. The topological polar surface area (TPSA) is 149 Å². The van der Waals surface area contributed by atoms with Gasteiger partial charge < -0.3 is 24.6 Å². The molecule has 0 bridgehead atoms. The van der Waals surface area contributed by atoms with Gasteiger partial charge in [0.05, 0.1) is 19.8 Å². The molecule has 0 aliphatic rings. The molecule has 0 aromatic carbocycles. The van der Waals surface area contributed by atoms with Crippen LogP contribution in [0.4, 0.5) is 0 Å². The monoisotopic (exact) mass is 696 g/mol. The number of hydrogen-bond donors (Lipinski definition) is 3. The van der Waals surface area contributed by atoms with Crippen LogP contribution in [0.15, 0.2) is 72.9 Å². The number of phosphoric ester groups is 1. The van der Waals surface area contributed by atoms with E-state index < -0.39 is 51.8 Å². The van der Waals surface area contributed by atoms with E-state index in [1.54, 1.807) is 0 Å². The Balaban J connectivity index is 4.49. The lowest BCUT2D eigenvalue weighted by atomic mass is 10.1. The van der Waals surface area contributed by atoms with Crippen LogP contribution in [0, 0.1) is 0 Å². The lowest BCUT2D eigenvalue weighted by molar-refractivity contribution is -0.161. The molecule has 0 amide bonds. The summed E-state index contributed by atoms with van der Waals surface area (Å²) >= 11 is 0. The quantitative estimate of drug-likeness (QED) is 0.0281. The summed E-state index contributed by atoms with van der Waals surface area (Å²) in [6.07, 6.45) is 35.0. The van der Waals surface area contributed by atoms with Gasteiger partial charge in [0.1, 0.15) is 12.7 Å². The van der Waals surface area contributed by atoms with Crippen LogP contribution in [0.1, 0.15) is 110 Å². The molecule has 3 N–H and O–H groups in total. The Hall–Kier alpha value is -2.59. The zero-order valence-corrected chi connectivity index (χ0v) is 30.1. The summed E-state index contributed by atoms with van der Waals surface area (Å²) in [6.45, 7) is 2.05. The van der Waals surface area contributed by atoms with Crippen LogP contribution in [-0.2, 0) is 32.7 Å². The molecule has 3 atom stereocenters. The van der Waals surface area contributed by atoms with Gasteiger partial charge in [0.2, 0.25) is 0 Å². The van der Waals surface area contributed by atoms with E-state index in [1.807, 2.05) is 12.2 Å². The van der Waals surface area contributed by atoms with Crippen LogP contribution in [0.5, 0.6) is 0 Å². The van der Waals surface area contributed by atoms with E-state index in [4.69, 9.17) is 19.1 Å². The maximum absolute atomic E-state index is 12.4. The van der Waals surface area contributed by atoms with Crippen LogP contribution in [-0.4, -0.2) is 65.7 Å². The highest BCUT2D eigenvalue weighted by molar-refractivity contribution is 7.47. The van der Waals surface area contributed by atoms with E-state index in [-0.39, 0.29) is 19.4 Å². The van der Waals surface area contributed by atoms with E-state index in [1.165, 1.54) is 0 Å². The highest BCUT2D eigenvalue weighted by Crippen LogP contribution is 2.43. The summed E-state index contributed by atoms with van der Waals surface area (Å²) in [4.78, 5) is 34.5. The average molecular weight is 697 g/mol. The third-order valence-corrected chi connectivity index (χ3v) is 7.59. The molecule has 274 valence electrons. The summed E-state index contributed by atoms with van der Waals surface area (Å²) in [5.74, 6) is -1.04. The fourth-order valence-corrected chi connectivity index (χ4v) is 4.75. The molecular formula is C37H61O10P. The number of rotatable bonds is 31. The standard InChI is InChI=1S/C37H61O10P/c1-3-5-7-9-11-12-13-14-15-16-17-18-19-20-21-22-23-25-27-29-37(41)47-35(33-46-48(42,43)45-31-34(39)30-38)32-44-36(40)28-26-24-10-8-6-4-2/h5,7,11-12,14-15,17-18,20-21,23,25,34-35,38-39H,3-4,6,8-10,13,16,19,22,24,26-33H2,1-2H3,(H,42,43)/b7-5-,12-11-,15-14-,18-17-,21-20-,25-23-. The van der Waals surface area contributed by atoms with Gasteiger partial charge in [-0.25, -0.2) is 4.57 Å². The maximum atomic E-state index is 12.4. The first-order valence-electron chi connectivity index (χ1n) is 17.4. The summed E-state index contributed by atoms with van der Waals surface area (Å²) in [6, 6.07) is 0. The molecule has 0 aromatic heterocycles. The minimum absolute atomic E-state index is 0.0559. The summed E-state index contributed by atoms with van der Waals surface area (Å²) < 4.78 is 32.3. The number of aliphatic hydroxyl groups excluding tert-OH is 2. The fourth-order valence-electron chi connectivity index (χ4n) is 3.96. The highest BCUT2D eigenvalue weighted by atomic mass is 31.2. The normalized spacial score (nSPS) is 15.0. The molecule has 0 rings (SSSR count). The van der Waals surface area contributed by atoms with Gasteiger partial charge in [-0.3, -0.25) is 18.6 Å². The number of carbonyl (C=O) groups is 2. The van der Waals surface area contributed by atoms with E-state index >= 15 is 0 Å². The number of phosphoric acid groups is 1. The van der Waals surface area contributed by atoms with Crippen molar-refractivity contribution in [3.63, 3.8) is 0 Å². The van der Waals surface area contributed by atoms with Crippen molar-refractivity contribution in [2.45, 2.75) is 122 Å². The largest absolute Gasteiger partial charge is 0.472 e. The van der Waals surface area contributed by atoms with Crippen molar-refractivity contribution in [1.82, 2.24) is 0 Å². The molecule has 0 saturated heterocycles. The lowest BCUT2D eigenvalue weighted by Gasteiger charge is -2.20. The Morgan fingerprint density at radius 3 is 1.69 bits per heavy atom. The molecule has 0 spiro atoms. The van der Waals surface area contributed by atoms with Crippen LogP contribution >= 0.6 is 7.82 Å². The molecule has 0 radical (unpaired) electrons. The van der Waals surface area contributed by atoms with Crippen molar-refractivity contribution in [3.05, 3.63) is 72.9 Å². The zero-order chi connectivity index (χ0) is 35.6. The van der Waals surface area contributed by atoms with Gasteiger partial charge in [-0.15, -0.1) is 0 Å². The lowest BCUT2D eigenvalue weighted by Crippen LogP contribution is -2.29. The first-order chi connectivity index (χ1) is 23.2. The number of allylic oxidation sites excluding steroid dienone is 12. The molecular weight excluding hydrogens is 635 g/mol. The minimum Gasteiger partial charge on any atom is -0.462 e. The predicted octanol–water partition coefficient (Wildman–Crippen LogP) is 8.16. The van der Waals surface area contributed by atoms with Gasteiger partial charge in [-0.2, -0.15) is 0 Å². The predicted molar refractivity (Wildman–Crippen MR) is 191 cm³/mol. The van der Waals surface area contributed by atoms with Crippen molar-refractivity contribution in [2.24, 2.45) is 0 Å². The minimum atomic E-state index is -4.62. The number of ether oxygens (including phenoxy) is 2. The molecule has 3 unspecified atom stereocenters. The second-order valence-corrected chi connectivity index (χ2v) is 12.6. The van der Waals surface area contributed by atoms with Gasteiger partial charge >= 0.3 is 19.8 Å². The average Bonchev–Trinajstić information content (AvgIpc) is 3.07. The van der Waals surface area contributed by atoms with Gasteiger partial charge in [-0.1, -0.05) is 119 Å². The van der Waals surface area contributed by atoms with Gasteiger partial charge in [-0.05, 0) is 51.4 Å². The molecule has 0 heterocycles. The van der Waals surface area contributed by atoms with Crippen LogP contribution in [0.3, 0.4) is 0 Å². The van der Waals surface area contributed by atoms with E-state index in [9.17, 15) is 24.2 Å². The molecule has 0 saturated carbocycles. The summed E-state index contributed by atoms with van der Waals surface area (Å²) in [5, 5.41) is 18.2. The molecule has 48 heavy (non-hydrogen) atoms. The molecule has 0 aromatic rings. The first kappa shape index (κ1) is 45.4. The third kappa shape index (κ3) is 32.0. The van der Waals surface area contributed by atoms with Crippen molar-refractivity contribution in [3.8, 4) is 0 Å². The Bertz CT molecular complexity index is 1030. The van der Waals surface area contributed by atoms with Crippen LogP contribution < -0.4 is 0 Å². The number of carbonyl (C=O) groups excluding carboxylic acids is 2. The maximum Gasteiger partial charge on any atom is 0.472 e. The van der Waals surface area contributed by atoms with Gasteiger partial charge in [0.15, 0.2) is 6.10 Å². The third-order valence-electron chi connectivity index (χ3n) is 6.64. The van der Waals surface area contributed by atoms with E-state index in [0.29, 0.717) is 12.8 Å². The molecule has 0 aliphatic heterocycles. The Kier molecular flexibility index (Phi) is 31.2. The summed E-state index contributed by atoms with van der Waals surface area (Å²) in [7, 11) is -4.62. The van der Waals surface area contributed by atoms with Crippen LogP contribution in [0.25, 0.3) is 0 Å². The Morgan fingerprint density at radius 2 is 1.15 bits per heavy atom. The Labute approximate surface area is 288 Å². The molecule has 0 aliphatic carbocycles. The zero-order valence-electron chi connectivity index (χ0n) is 29.2. The molecule has 11 heteroatoms. The molecule has 10 nitrogen and oxygen atoms in total. The van der Waals surface area contributed by atoms with Gasteiger partial charge in [0.25, 0.3) is 0 Å². The highest BCUT2D eigenvalue weighted by Gasteiger charge is 2.27. The SMILES string of the molecule is CC/C=C\C/C=C\C/C=C\C/C=C\C/C=C\C/C=C\CCC(=O)OC(COC(=O)CCCCCCCC)COP(=O)(O)OCC(O)CO. The smallest absolute Gasteiger partial charge is 0.462 e. The number of unbranched alkanes of at least 4 members (excludes halogenated alkanes) is 5. The van der Waals surface area contributed by atoms with Crippen molar-refractivity contribution in [2.75, 3.05) is 26.4 Å². The Morgan fingerprint density at radius 1 is 0.646 bits per heavy atom. The second kappa shape index (κ2) is 32.9. The second-order valence-electron chi connectivity index (χ2n) is 11.2. The van der Waals surface area contributed by atoms with E-state index in [2.05, 4.69) is 79.1 Å².